The lowest BCUT2D eigenvalue weighted by Gasteiger charge is -1.97. The van der Waals surface area contributed by atoms with Gasteiger partial charge in [0.25, 0.3) is 0 Å². The lowest BCUT2D eigenvalue weighted by molar-refractivity contribution is -0.136. The molecule has 1 heterocycles. The van der Waals surface area contributed by atoms with Crippen LogP contribution in [-0.4, -0.2) is 22.3 Å². The van der Waals surface area contributed by atoms with E-state index >= 15 is 0 Å². The van der Waals surface area contributed by atoms with Gasteiger partial charge in [0, 0.05) is 16.6 Å². The maximum absolute atomic E-state index is 10.6. The first-order valence-corrected chi connectivity index (χ1v) is 4.89. The SMILES string of the molecule is Cc1[nH]c(C=O)c(CCC(=O)O)c1Br. The minimum Gasteiger partial charge on any atom is -0.481 e. The van der Waals surface area contributed by atoms with Gasteiger partial charge in [0.05, 0.1) is 5.69 Å². The second-order valence-electron chi connectivity index (χ2n) is 2.97. The number of aldehydes is 1. The van der Waals surface area contributed by atoms with E-state index in [2.05, 4.69) is 20.9 Å². The van der Waals surface area contributed by atoms with Gasteiger partial charge in [-0.25, -0.2) is 0 Å². The van der Waals surface area contributed by atoms with Crippen molar-refractivity contribution in [2.24, 2.45) is 0 Å². The van der Waals surface area contributed by atoms with Crippen LogP contribution in [0, 0.1) is 6.92 Å². The number of carbonyl (C=O) groups excluding carboxylic acids is 1. The molecule has 0 aliphatic heterocycles. The number of aryl methyl sites for hydroxylation is 1. The fourth-order valence-electron chi connectivity index (χ4n) is 1.25. The highest BCUT2D eigenvalue weighted by Crippen LogP contribution is 2.25. The summed E-state index contributed by atoms with van der Waals surface area (Å²) in [5.41, 5.74) is 2.03. The fraction of sp³-hybridized carbons (Fsp3) is 0.333. The van der Waals surface area contributed by atoms with Crippen molar-refractivity contribution in [3.8, 4) is 0 Å². The summed E-state index contributed by atoms with van der Waals surface area (Å²) in [6.45, 7) is 1.82. The Morgan fingerprint density at radius 1 is 1.64 bits per heavy atom. The average Bonchev–Trinajstić information content (AvgIpc) is 2.40. The average molecular weight is 260 g/mol. The highest BCUT2D eigenvalue weighted by Gasteiger charge is 2.13. The van der Waals surface area contributed by atoms with Crippen LogP contribution in [0.5, 0.6) is 0 Å². The van der Waals surface area contributed by atoms with Gasteiger partial charge in [-0.15, -0.1) is 0 Å². The molecule has 76 valence electrons. The molecule has 0 spiro atoms. The van der Waals surface area contributed by atoms with E-state index in [9.17, 15) is 9.59 Å². The van der Waals surface area contributed by atoms with Crippen LogP contribution in [0.4, 0.5) is 0 Å². The molecule has 1 aromatic rings. The van der Waals surface area contributed by atoms with Crippen molar-refractivity contribution in [1.29, 1.82) is 0 Å². The Morgan fingerprint density at radius 2 is 2.29 bits per heavy atom. The number of aromatic amines is 1. The van der Waals surface area contributed by atoms with Gasteiger partial charge in [-0.05, 0) is 34.8 Å². The minimum absolute atomic E-state index is 0.0245. The van der Waals surface area contributed by atoms with Crippen molar-refractivity contribution in [3.63, 3.8) is 0 Å². The van der Waals surface area contributed by atoms with Crippen LogP contribution in [0.1, 0.15) is 28.2 Å². The van der Waals surface area contributed by atoms with Gasteiger partial charge < -0.3 is 10.1 Å². The third-order valence-corrected chi connectivity index (χ3v) is 3.02. The minimum atomic E-state index is -0.868. The third kappa shape index (κ3) is 2.23. The molecule has 4 nitrogen and oxygen atoms in total. The topological polar surface area (TPSA) is 70.2 Å². The number of carboxylic acids is 1. The van der Waals surface area contributed by atoms with Crippen molar-refractivity contribution >= 4 is 28.2 Å². The molecule has 0 saturated heterocycles. The van der Waals surface area contributed by atoms with Crippen molar-refractivity contribution < 1.29 is 14.7 Å². The Labute approximate surface area is 89.5 Å². The van der Waals surface area contributed by atoms with E-state index in [1.54, 1.807) is 0 Å². The third-order valence-electron chi connectivity index (χ3n) is 1.95. The number of halogens is 1. The molecule has 0 amide bonds. The first-order valence-electron chi connectivity index (χ1n) is 4.10. The first-order chi connectivity index (χ1) is 6.56. The van der Waals surface area contributed by atoms with Crippen LogP contribution in [0.25, 0.3) is 0 Å². The predicted molar refractivity (Wildman–Crippen MR) is 54.6 cm³/mol. The lowest BCUT2D eigenvalue weighted by atomic mass is 10.1. The van der Waals surface area contributed by atoms with E-state index in [0.717, 1.165) is 15.7 Å². The van der Waals surface area contributed by atoms with Crippen LogP contribution in [-0.2, 0) is 11.2 Å². The van der Waals surface area contributed by atoms with Crippen LogP contribution in [0.2, 0.25) is 0 Å². The highest BCUT2D eigenvalue weighted by atomic mass is 79.9. The Morgan fingerprint density at radius 3 is 2.79 bits per heavy atom. The lowest BCUT2D eigenvalue weighted by Crippen LogP contribution is -1.99. The Bertz CT molecular complexity index is 370. The molecule has 1 aromatic heterocycles. The summed E-state index contributed by atoms with van der Waals surface area (Å²) < 4.78 is 0.792. The molecular weight excluding hydrogens is 250 g/mol. The Balaban J connectivity index is 2.93. The zero-order chi connectivity index (χ0) is 10.7. The molecular formula is C9H10BrNO3. The molecule has 2 N–H and O–H groups in total. The van der Waals surface area contributed by atoms with Gasteiger partial charge in [0.15, 0.2) is 6.29 Å². The predicted octanol–water partition coefficient (Wildman–Crippen LogP) is 1.92. The quantitative estimate of drug-likeness (QED) is 0.812. The summed E-state index contributed by atoms with van der Waals surface area (Å²) in [6, 6.07) is 0. The van der Waals surface area contributed by atoms with E-state index in [1.807, 2.05) is 6.92 Å². The van der Waals surface area contributed by atoms with Gasteiger partial charge in [-0.2, -0.15) is 0 Å². The second kappa shape index (κ2) is 4.41. The fourth-order valence-corrected chi connectivity index (χ4v) is 1.76. The molecule has 5 heteroatoms. The van der Waals surface area contributed by atoms with Gasteiger partial charge in [0.1, 0.15) is 0 Å². The first kappa shape index (κ1) is 11.0. The number of aromatic nitrogens is 1. The summed E-state index contributed by atoms with van der Waals surface area (Å²) in [5.74, 6) is -0.868. The van der Waals surface area contributed by atoms with Crippen LogP contribution in [0.3, 0.4) is 0 Å². The van der Waals surface area contributed by atoms with E-state index in [1.165, 1.54) is 0 Å². The standard InChI is InChI=1S/C9H10BrNO3/c1-5-9(10)6(2-3-8(13)14)7(4-12)11-5/h4,11H,2-3H2,1H3,(H,13,14). The number of nitrogens with one attached hydrogen (secondary N) is 1. The monoisotopic (exact) mass is 259 g/mol. The van der Waals surface area contributed by atoms with E-state index in [-0.39, 0.29) is 6.42 Å². The maximum Gasteiger partial charge on any atom is 0.303 e. The van der Waals surface area contributed by atoms with Crippen LogP contribution in [0.15, 0.2) is 4.47 Å². The number of aliphatic carboxylic acids is 1. The van der Waals surface area contributed by atoms with Crippen LogP contribution < -0.4 is 0 Å². The second-order valence-corrected chi connectivity index (χ2v) is 3.76. The van der Waals surface area contributed by atoms with E-state index < -0.39 is 5.97 Å². The van der Waals surface area contributed by atoms with E-state index in [0.29, 0.717) is 18.4 Å². The molecule has 0 aliphatic carbocycles. The molecule has 1 rings (SSSR count). The summed E-state index contributed by atoms with van der Waals surface area (Å²) in [6.07, 6.45) is 1.08. The highest BCUT2D eigenvalue weighted by molar-refractivity contribution is 9.10. The summed E-state index contributed by atoms with van der Waals surface area (Å²) >= 11 is 3.31. The van der Waals surface area contributed by atoms with Crippen molar-refractivity contribution in [3.05, 3.63) is 21.4 Å². The van der Waals surface area contributed by atoms with Gasteiger partial charge in [-0.3, -0.25) is 9.59 Å². The van der Waals surface area contributed by atoms with Gasteiger partial charge in [-0.1, -0.05) is 0 Å². The molecule has 0 saturated carbocycles. The smallest absolute Gasteiger partial charge is 0.303 e. The molecule has 0 aliphatic rings. The Kier molecular flexibility index (Phi) is 3.46. The molecule has 0 bridgehead atoms. The number of hydrogen-bond acceptors (Lipinski definition) is 2. The number of H-pyrrole nitrogens is 1. The van der Waals surface area contributed by atoms with Crippen molar-refractivity contribution in [2.45, 2.75) is 19.8 Å². The molecule has 0 atom stereocenters. The number of hydrogen-bond donors (Lipinski definition) is 2. The largest absolute Gasteiger partial charge is 0.481 e. The molecule has 0 radical (unpaired) electrons. The molecule has 0 aromatic carbocycles. The number of rotatable bonds is 4. The Hall–Kier alpha value is -1.10. The van der Waals surface area contributed by atoms with E-state index in [4.69, 9.17) is 5.11 Å². The van der Waals surface area contributed by atoms with Crippen molar-refractivity contribution in [2.75, 3.05) is 0 Å². The zero-order valence-corrected chi connectivity index (χ0v) is 9.22. The van der Waals surface area contributed by atoms with Gasteiger partial charge >= 0.3 is 5.97 Å². The molecule has 0 unspecified atom stereocenters. The van der Waals surface area contributed by atoms with Crippen molar-refractivity contribution in [1.82, 2.24) is 4.98 Å². The van der Waals surface area contributed by atoms with Crippen LogP contribution >= 0.6 is 15.9 Å². The molecule has 0 fully saturated rings. The van der Waals surface area contributed by atoms with Gasteiger partial charge in [0.2, 0.25) is 0 Å². The summed E-state index contributed by atoms with van der Waals surface area (Å²) in [5, 5.41) is 8.52. The number of carboxylic acid groups (broad SMARTS) is 1. The summed E-state index contributed by atoms with van der Waals surface area (Å²) in [7, 11) is 0. The zero-order valence-electron chi connectivity index (χ0n) is 7.63. The normalized spacial score (nSPS) is 10.1. The summed E-state index contributed by atoms with van der Waals surface area (Å²) in [4.78, 5) is 23.9. The number of carbonyl (C=O) groups is 2. The maximum atomic E-state index is 10.6. The molecule has 14 heavy (non-hydrogen) atoms.